The first-order chi connectivity index (χ1) is 6.86. The lowest BCUT2D eigenvalue weighted by molar-refractivity contribution is 0.0999. The fraction of sp³-hybridized carbons (Fsp3) is 0.778. The van der Waals surface area contributed by atoms with Crippen LogP contribution in [0.15, 0.2) is 0 Å². The molecule has 0 amide bonds. The van der Waals surface area contributed by atoms with Crippen LogP contribution in [0.5, 0.6) is 0 Å². The van der Waals surface area contributed by atoms with E-state index in [1.54, 1.807) is 0 Å². The van der Waals surface area contributed by atoms with Gasteiger partial charge >= 0.3 is 0 Å². The third-order valence-electron chi connectivity index (χ3n) is 3.14. The summed E-state index contributed by atoms with van der Waals surface area (Å²) in [6.45, 7) is -0.0747. The molecule has 2 N–H and O–H groups in total. The van der Waals surface area contributed by atoms with Gasteiger partial charge in [-0.1, -0.05) is 0 Å². The van der Waals surface area contributed by atoms with Gasteiger partial charge in [0, 0.05) is 5.92 Å². The number of nitrogens with one attached hydrogen (secondary N) is 1. The number of aliphatic hydroxyl groups is 1. The summed E-state index contributed by atoms with van der Waals surface area (Å²) in [7, 11) is 0. The minimum atomic E-state index is -0.0747. The molecule has 1 aromatic heterocycles. The predicted molar refractivity (Wildman–Crippen MR) is 47.6 cm³/mol. The average molecular weight is 195 g/mol. The predicted octanol–water partition coefficient (Wildman–Crippen LogP) is 0.332. The van der Waals surface area contributed by atoms with Crippen molar-refractivity contribution >= 4 is 0 Å². The van der Waals surface area contributed by atoms with Crippen molar-refractivity contribution in [3.63, 3.8) is 0 Å². The molecule has 3 unspecified atom stereocenters. The van der Waals surface area contributed by atoms with Crippen LogP contribution in [0.4, 0.5) is 0 Å². The molecule has 2 saturated heterocycles. The SMILES string of the molecule is OCc1nc(C2CC3CCC2O3)n[nH]1. The van der Waals surface area contributed by atoms with Gasteiger partial charge in [-0.3, -0.25) is 5.10 Å². The molecule has 2 aliphatic heterocycles. The number of rotatable bonds is 2. The van der Waals surface area contributed by atoms with Gasteiger partial charge in [0.2, 0.25) is 0 Å². The highest BCUT2D eigenvalue weighted by Gasteiger charge is 2.43. The third-order valence-corrected chi connectivity index (χ3v) is 3.14. The molecule has 76 valence electrons. The number of hydrogen-bond acceptors (Lipinski definition) is 4. The maximum absolute atomic E-state index is 8.86. The molecule has 2 bridgehead atoms. The van der Waals surface area contributed by atoms with Gasteiger partial charge in [-0.05, 0) is 19.3 Å². The van der Waals surface area contributed by atoms with Crippen molar-refractivity contribution in [2.24, 2.45) is 0 Å². The fourth-order valence-corrected chi connectivity index (χ4v) is 2.46. The van der Waals surface area contributed by atoms with E-state index in [0.29, 0.717) is 24.0 Å². The highest BCUT2D eigenvalue weighted by atomic mass is 16.5. The quantitative estimate of drug-likeness (QED) is 0.713. The molecule has 1 aromatic rings. The Hall–Kier alpha value is -0.940. The van der Waals surface area contributed by atoms with Crippen molar-refractivity contribution in [2.45, 2.75) is 44.0 Å². The van der Waals surface area contributed by atoms with Gasteiger partial charge in [0.05, 0.1) is 12.2 Å². The van der Waals surface area contributed by atoms with E-state index in [1.165, 1.54) is 6.42 Å². The topological polar surface area (TPSA) is 71.0 Å². The monoisotopic (exact) mass is 195 g/mol. The van der Waals surface area contributed by atoms with Crippen LogP contribution in [0.1, 0.15) is 36.8 Å². The number of fused-ring (bicyclic) bond motifs is 2. The minimum Gasteiger partial charge on any atom is -0.388 e. The lowest BCUT2D eigenvalue weighted by Gasteiger charge is -2.14. The summed E-state index contributed by atoms with van der Waals surface area (Å²) in [6.07, 6.45) is 4.06. The fourth-order valence-electron chi connectivity index (χ4n) is 2.46. The Morgan fingerprint density at radius 1 is 1.50 bits per heavy atom. The van der Waals surface area contributed by atoms with E-state index in [1.807, 2.05) is 0 Å². The Balaban J connectivity index is 1.82. The van der Waals surface area contributed by atoms with E-state index in [9.17, 15) is 0 Å². The normalized spacial score (nSPS) is 35.4. The van der Waals surface area contributed by atoms with E-state index in [0.717, 1.165) is 18.7 Å². The molecule has 14 heavy (non-hydrogen) atoms. The number of aromatic amines is 1. The standard InChI is InChI=1S/C9H13N3O2/c13-4-8-10-9(12-11-8)6-3-5-1-2-7(6)14-5/h5-7,13H,1-4H2,(H,10,11,12). The molecule has 3 heterocycles. The Bertz CT molecular complexity index is 339. The number of aliphatic hydroxyl groups excluding tert-OH is 1. The van der Waals surface area contributed by atoms with Gasteiger partial charge in [0.15, 0.2) is 5.82 Å². The Kier molecular flexibility index (Phi) is 1.81. The molecule has 5 nitrogen and oxygen atoms in total. The van der Waals surface area contributed by atoms with E-state index < -0.39 is 0 Å². The van der Waals surface area contributed by atoms with Gasteiger partial charge in [-0.2, -0.15) is 5.10 Å². The summed E-state index contributed by atoms with van der Waals surface area (Å²) < 4.78 is 5.73. The van der Waals surface area contributed by atoms with Gasteiger partial charge in [0.1, 0.15) is 12.4 Å². The largest absolute Gasteiger partial charge is 0.388 e. The molecule has 2 fully saturated rings. The molecule has 3 atom stereocenters. The number of ether oxygens (including phenoxy) is 1. The Morgan fingerprint density at radius 2 is 2.43 bits per heavy atom. The van der Waals surface area contributed by atoms with Crippen molar-refractivity contribution in [3.8, 4) is 0 Å². The van der Waals surface area contributed by atoms with E-state index in [-0.39, 0.29) is 6.61 Å². The van der Waals surface area contributed by atoms with Gasteiger partial charge in [0.25, 0.3) is 0 Å². The zero-order chi connectivity index (χ0) is 9.54. The summed E-state index contributed by atoms with van der Waals surface area (Å²) in [4.78, 5) is 4.23. The van der Waals surface area contributed by atoms with E-state index in [2.05, 4.69) is 15.2 Å². The molecule has 0 aromatic carbocycles. The summed E-state index contributed by atoms with van der Waals surface area (Å²) in [5.74, 6) is 1.69. The summed E-state index contributed by atoms with van der Waals surface area (Å²) >= 11 is 0. The smallest absolute Gasteiger partial charge is 0.156 e. The molecular formula is C9H13N3O2. The van der Waals surface area contributed by atoms with Crippen molar-refractivity contribution in [2.75, 3.05) is 0 Å². The van der Waals surface area contributed by atoms with Crippen LogP contribution in [-0.2, 0) is 11.3 Å². The summed E-state index contributed by atoms with van der Waals surface area (Å²) in [6, 6.07) is 0. The molecule has 3 rings (SSSR count). The lowest BCUT2D eigenvalue weighted by atomic mass is 9.89. The van der Waals surface area contributed by atoms with Gasteiger partial charge < -0.3 is 9.84 Å². The maximum Gasteiger partial charge on any atom is 0.156 e. The van der Waals surface area contributed by atoms with Crippen LogP contribution in [0.2, 0.25) is 0 Å². The van der Waals surface area contributed by atoms with Gasteiger partial charge in [-0.25, -0.2) is 4.98 Å². The average Bonchev–Trinajstić information content (AvgIpc) is 2.93. The van der Waals surface area contributed by atoms with Crippen LogP contribution < -0.4 is 0 Å². The van der Waals surface area contributed by atoms with E-state index >= 15 is 0 Å². The van der Waals surface area contributed by atoms with Crippen LogP contribution >= 0.6 is 0 Å². The first kappa shape index (κ1) is 8.38. The van der Waals surface area contributed by atoms with Crippen LogP contribution in [0.3, 0.4) is 0 Å². The van der Waals surface area contributed by atoms with E-state index in [4.69, 9.17) is 9.84 Å². The molecule has 5 heteroatoms. The van der Waals surface area contributed by atoms with Crippen LogP contribution in [-0.4, -0.2) is 32.5 Å². The molecule has 0 radical (unpaired) electrons. The highest BCUT2D eigenvalue weighted by Crippen LogP contribution is 2.43. The first-order valence-electron chi connectivity index (χ1n) is 5.04. The molecular weight excluding hydrogens is 182 g/mol. The Labute approximate surface area is 81.5 Å². The second kappa shape index (κ2) is 3.03. The number of aromatic nitrogens is 3. The molecule has 0 aliphatic carbocycles. The zero-order valence-electron chi connectivity index (χ0n) is 7.81. The minimum absolute atomic E-state index is 0.0747. The molecule has 0 saturated carbocycles. The summed E-state index contributed by atoms with van der Waals surface area (Å²) in [5, 5.41) is 15.7. The van der Waals surface area contributed by atoms with Crippen molar-refractivity contribution in [1.82, 2.24) is 15.2 Å². The van der Waals surface area contributed by atoms with Gasteiger partial charge in [-0.15, -0.1) is 0 Å². The van der Waals surface area contributed by atoms with Crippen LogP contribution in [0.25, 0.3) is 0 Å². The third kappa shape index (κ3) is 1.16. The molecule has 0 spiro atoms. The van der Waals surface area contributed by atoms with Crippen molar-refractivity contribution in [3.05, 3.63) is 11.6 Å². The first-order valence-corrected chi connectivity index (χ1v) is 5.04. The number of H-pyrrole nitrogens is 1. The Morgan fingerprint density at radius 3 is 3.00 bits per heavy atom. The second-order valence-corrected chi connectivity index (χ2v) is 4.01. The number of hydrogen-bond donors (Lipinski definition) is 2. The molecule has 2 aliphatic rings. The van der Waals surface area contributed by atoms with Crippen molar-refractivity contribution in [1.29, 1.82) is 0 Å². The number of nitrogens with zero attached hydrogens (tertiary/aromatic N) is 2. The van der Waals surface area contributed by atoms with Crippen LogP contribution in [0, 0.1) is 0 Å². The lowest BCUT2D eigenvalue weighted by Crippen LogP contribution is -2.15. The summed E-state index contributed by atoms with van der Waals surface area (Å²) in [5.41, 5.74) is 0. The highest BCUT2D eigenvalue weighted by molar-refractivity contribution is 5.07. The zero-order valence-corrected chi connectivity index (χ0v) is 7.81. The second-order valence-electron chi connectivity index (χ2n) is 4.01. The maximum atomic E-state index is 8.86. The van der Waals surface area contributed by atoms with Crippen molar-refractivity contribution < 1.29 is 9.84 Å².